The molecule has 1 saturated carbocycles. The number of hydrogen-bond donors (Lipinski definition) is 1. The van der Waals surface area contributed by atoms with E-state index in [2.05, 4.69) is 9.88 Å². The summed E-state index contributed by atoms with van der Waals surface area (Å²) >= 11 is 0. The van der Waals surface area contributed by atoms with Crippen LogP contribution in [0, 0.1) is 5.41 Å². The van der Waals surface area contributed by atoms with Crippen molar-refractivity contribution >= 4 is 11.8 Å². The van der Waals surface area contributed by atoms with E-state index >= 15 is 0 Å². The number of carboxylic acid groups (broad SMARTS) is 1. The molecular weight excluding hydrogens is 344 g/mol. The quantitative estimate of drug-likeness (QED) is 0.867. The summed E-state index contributed by atoms with van der Waals surface area (Å²) in [6.45, 7) is 1.01. The van der Waals surface area contributed by atoms with Gasteiger partial charge in [-0.05, 0) is 44.2 Å². The summed E-state index contributed by atoms with van der Waals surface area (Å²) < 4.78 is 5.49. The van der Waals surface area contributed by atoms with Gasteiger partial charge < -0.3 is 14.7 Å². The average Bonchev–Trinajstić information content (AvgIpc) is 3.32. The van der Waals surface area contributed by atoms with E-state index < -0.39 is 11.4 Å². The highest BCUT2D eigenvalue weighted by molar-refractivity contribution is 5.81. The van der Waals surface area contributed by atoms with Gasteiger partial charge in [-0.25, -0.2) is 9.97 Å². The molecule has 6 rings (SSSR count). The fraction of sp³-hybridized carbons (Fsp3) is 0.500. The number of ether oxygens (including phenoxy) is 1. The van der Waals surface area contributed by atoms with Crippen LogP contribution in [0.25, 0.3) is 11.4 Å². The molecule has 2 aliphatic carbocycles. The van der Waals surface area contributed by atoms with Crippen molar-refractivity contribution < 1.29 is 14.6 Å². The fourth-order valence-corrected chi connectivity index (χ4v) is 5.21. The summed E-state index contributed by atoms with van der Waals surface area (Å²) in [5.41, 5.74) is 2.25. The molecule has 0 spiro atoms. The van der Waals surface area contributed by atoms with Crippen molar-refractivity contribution in [3.05, 3.63) is 35.8 Å². The first-order valence-corrected chi connectivity index (χ1v) is 9.37. The van der Waals surface area contributed by atoms with Gasteiger partial charge in [0.15, 0.2) is 5.82 Å². The number of anilines is 1. The first-order valence-electron chi connectivity index (χ1n) is 9.37. The summed E-state index contributed by atoms with van der Waals surface area (Å²) in [6, 6.07) is 3.82. The van der Waals surface area contributed by atoms with Gasteiger partial charge in [-0.1, -0.05) is 0 Å². The van der Waals surface area contributed by atoms with Crippen molar-refractivity contribution in [2.75, 3.05) is 25.2 Å². The number of aryl methyl sites for hydroxylation is 1. The lowest BCUT2D eigenvalue weighted by Gasteiger charge is -2.45. The van der Waals surface area contributed by atoms with Gasteiger partial charge in [0.25, 0.3) is 0 Å². The van der Waals surface area contributed by atoms with Gasteiger partial charge in [0, 0.05) is 42.9 Å². The number of hydrogen-bond acceptors (Lipinski definition) is 6. The Balaban J connectivity index is 1.62. The van der Waals surface area contributed by atoms with E-state index in [0.717, 1.165) is 36.3 Å². The van der Waals surface area contributed by atoms with Crippen molar-refractivity contribution in [1.82, 2.24) is 15.0 Å². The molecule has 2 saturated heterocycles. The summed E-state index contributed by atoms with van der Waals surface area (Å²) in [5, 5.41) is 9.78. The number of pyridine rings is 1. The molecule has 2 bridgehead atoms. The zero-order valence-electron chi connectivity index (χ0n) is 15.3. The predicted octanol–water partition coefficient (Wildman–Crippen LogP) is 2.10. The normalized spacial score (nSPS) is 28.1. The molecule has 4 aliphatic rings. The SMILES string of the molecule is COCC12CC(C(=O)O)(CN1c1nc(-c3ccncc3)nc3c1CCC3)C2. The van der Waals surface area contributed by atoms with E-state index in [1.807, 2.05) is 12.1 Å². The third-order valence-corrected chi connectivity index (χ3v) is 6.34. The molecule has 7 heteroatoms. The Labute approximate surface area is 157 Å². The molecule has 27 heavy (non-hydrogen) atoms. The number of nitrogens with zero attached hydrogens (tertiary/aromatic N) is 4. The van der Waals surface area contributed by atoms with Crippen LogP contribution in [0.2, 0.25) is 0 Å². The standard InChI is InChI=1S/C20H22N4O3/c1-27-12-20-9-19(10-20,18(25)26)11-24(20)17-14-3-2-4-15(14)22-16(23-17)13-5-7-21-8-6-13/h5-8H,2-4,9-12H2,1H3,(H,25,26). The first kappa shape index (κ1) is 16.6. The maximum absolute atomic E-state index is 11.9. The molecule has 3 fully saturated rings. The van der Waals surface area contributed by atoms with Crippen LogP contribution in [0.1, 0.15) is 30.5 Å². The van der Waals surface area contributed by atoms with Crippen LogP contribution in [0.4, 0.5) is 5.82 Å². The van der Waals surface area contributed by atoms with Crippen LogP contribution < -0.4 is 4.90 Å². The van der Waals surface area contributed by atoms with E-state index in [0.29, 0.717) is 31.8 Å². The Morgan fingerprint density at radius 1 is 1.26 bits per heavy atom. The molecule has 7 nitrogen and oxygen atoms in total. The van der Waals surface area contributed by atoms with Crippen molar-refractivity contribution in [2.45, 2.75) is 37.6 Å². The molecule has 1 N–H and O–H groups in total. The molecule has 0 atom stereocenters. The van der Waals surface area contributed by atoms with Gasteiger partial charge in [-0.2, -0.15) is 0 Å². The second-order valence-electron chi connectivity index (χ2n) is 8.07. The second kappa shape index (κ2) is 5.73. The van der Waals surface area contributed by atoms with E-state index in [-0.39, 0.29) is 5.54 Å². The Morgan fingerprint density at radius 2 is 2.04 bits per heavy atom. The van der Waals surface area contributed by atoms with Crippen LogP contribution in [0.15, 0.2) is 24.5 Å². The Morgan fingerprint density at radius 3 is 2.74 bits per heavy atom. The Kier molecular flexibility index (Phi) is 3.53. The summed E-state index contributed by atoms with van der Waals surface area (Å²) in [7, 11) is 1.68. The van der Waals surface area contributed by atoms with E-state index in [1.165, 1.54) is 5.56 Å². The highest BCUT2D eigenvalue weighted by atomic mass is 16.5. The van der Waals surface area contributed by atoms with Gasteiger partial charge in [0.05, 0.1) is 17.6 Å². The fourth-order valence-electron chi connectivity index (χ4n) is 5.21. The molecule has 140 valence electrons. The maximum Gasteiger partial charge on any atom is 0.311 e. The third kappa shape index (κ3) is 2.31. The van der Waals surface area contributed by atoms with Crippen LogP contribution >= 0.6 is 0 Å². The monoisotopic (exact) mass is 366 g/mol. The van der Waals surface area contributed by atoms with Crippen molar-refractivity contribution in [1.29, 1.82) is 0 Å². The Hall–Kier alpha value is -2.54. The van der Waals surface area contributed by atoms with Crippen molar-refractivity contribution in [3.8, 4) is 11.4 Å². The third-order valence-electron chi connectivity index (χ3n) is 6.34. The number of rotatable bonds is 5. The number of fused-ring (bicyclic) bond motifs is 2. The van der Waals surface area contributed by atoms with Crippen LogP contribution in [-0.2, 0) is 22.4 Å². The summed E-state index contributed by atoms with van der Waals surface area (Å²) in [5.74, 6) is 0.882. The number of carbonyl (C=O) groups is 1. The highest BCUT2D eigenvalue weighted by Crippen LogP contribution is 2.61. The zero-order chi connectivity index (χ0) is 18.6. The molecule has 2 aromatic rings. The molecule has 2 aromatic heterocycles. The van der Waals surface area contributed by atoms with Crippen LogP contribution in [-0.4, -0.2) is 51.8 Å². The molecule has 0 radical (unpaired) electrons. The van der Waals surface area contributed by atoms with Crippen molar-refractivity contribution in [3.63, 3.8) is 0 Å². The smallest absolute Gasteiger partial charge is 0.311 e. The predicted molar refractivity (Wildman–Crippen MR) is 98.5 cm³/mol. The number of carboxylic acids is 1. The molecule has 4 heterocycles. The first-order chi connectivity index (χ1) is 13.1. The van der Waals surface area contributed by atoms with Crippen molar-refractivity contribution in [2.24, 2.45) is 5.41 Å². The van der Waals surface area contributed by atoms with E-state index in [1.54, 1.807) is 19.5 Å². The van der Waals surface area contributed by atoms with E-state index in [9.17, 15) is 9.90 Å². The van der Waals surface area contributed by atoms with Crippen LogP contribution in [0.5, 0.6) is 0 Å². The minimum absolute atomic E-state index is 0.270. The molecule has 0 amide bonds. The Bertz CT molecular complexity index is 909. The zero-order valence-corrected chi connectivity index (χ0v) is 15.3. The lowest BCUT2D eigenvalue weighted by atomic mass is 9.62. The van der Waals surface area contributed by atoms with E-state index in [4.69, 9.17) is 14.7 Å². The lowest BCUT2D eigenvalue weighted by Crippen LogP contribution is -2.55. The molecule has 2 aliphatic heterocycles. The van der Waals surface area contributed by atoms with Gasteiger partial charge >= 0.3 is 5.97 Å². The molecule has 0 unspecified atom stereocenters. The summed E-state index contributed by atoms with van der Waals surface area (Å²) in [4.78, 5) is 27.9. The van der Waals surface area contributed by atoms with Gasteiger partial charge in [0.1, 0.15) is 5.82 Å². The molecule has 0 aromatic carbocycles. The minimum atomic E-state index is -0.711. The topological polar surface area (TPSA) is 88.4 Å². The molecular formula is C20H22N4O3. The number of aliphatic carboxylic acids is 1. The largest absolute Gasteiger partial charge is 0.481 e. The number of methoxy groups -OCH3 is 1. The second-order valence-corrected chi connectivity index (χ2v) is 8.07. The maximum atomic E-state index is 11.9. The highest BCUT2D eigenvalue weighted by Gasteiger charge is 2.69. The minimum Gasteiger partial charge on any atom is -0.481 e. The van der Waals surface area contributed by atoms with Gasteiger partial charge in [0.2, 0.25) is 0 Å². The average molecular weight is 366 g/mol. The van der Waals surface area contributed by atoms with Crippen LogP contribution in [0.3, 0.4) is 0 Å². The van der Waals surface area contributed by atoms with Gasteiger partial charge in [-0.3, -0.25) is 9.78 Å². The summed E-state index contributed by atoms with van der Waals surface area (Å²) in [6.07, 6.45) is 7.67. The lowest BCUT2D eigenvalue weighted by molar-refractivity contribution is -0.154. The number of aromatic nitrogens is 3. The van der Waals surface area contributed by atoms with Gasteiger partial charge in [-0.15, -0.1) is 0 Å².